The molecule has 0 aliphatic heterocycles. The Kier molecular flexibility index (Phi) is 4.22. The number of alkyl halides is 3. The number of aryl methyl sites for hydroxylation is 1. The zero-order valence-corrected chi connectivity index (χ0v) is 11.7. The van der Waals surface area contributed by atoms with E-state index in [1.54, 1.807) is 30.4 Å². The van der Waals surface area contributed by atoms with Crippen LogP contribution in [0.25, 0.3) is 0 Å². The molecule has 1 N–H and O–H groups in total. The van der Waals surface area contributed by atoms with Crippen LogP contribution < -0.4 is 4.90 Å². The Morgan fingerprint density at radius 3 is 2.57 bits per heavy atom. The molecule has 0 aliphatic carbocycles. The predicted octanol–water partition coefficient (Wildman–Crippen LogP) is 2.57. The summed E-state index contributed by atoms with van der Waals surface area (Å²) in [6.07, 6.45) is -1.07. The predicted molar refractivity (Wildman–Crippen MR) is 72.7 cm³/mol. The fourth-order valence-electron chi connectivity index (χ4n) is 2.06. The molecule has 7 heteroatoms. The monoisotopic (exact) mass is 299 g/mol. The molecule has 4 nitrogen and oxygen atoms in total. The van der Waals surface area contributed by atoms with Crippen LogP contribution in [0, 0.1) is 0 Å². The minimum absolute atomic E-state index is 0.128. The third kappa shape index (κ3) is 3.36. The van der Waals surface area contributed by atoms with Crippen molar-refractivity contribution in [2.24, 2.45) is 7.05 Å². The topological polar surface area (TPSA) is 41.3 Å². The number of aromatic nitrogens is 2. The molecule has 0 spiro atoms. The van der Waals surface area contributed by atoms with E-state index in [-0.39, 0.29) is 5.56 Å². The Balaban J connectivity index is 2.30. The highest BCUT2D eigenvalue weighted by atomic mass is 19.4. The first-order chi connectivity index (χ1) is 9.82. The number of imidazole rings is 1. The number of benzene rings is 1. The summed E-state index contributed by atoms with van der Waals surface area (Å²) in [5, 5.41) is 9.03. The molecule has 0 radical (unpaired) electrons. The fourth-order valence-corrected chi connectivity index (χ4v) is 2.06. The lowest BCUT2D eigenvalue weighted by atomic mass is 10.1. The number of rotatable bonds is 4. The van der Waals surface area contributed by atoms with Crippen molar-refractivity contribution in [2.75, 3.05) is 11.9 Å². The molecule has 1 aromatic heterocycles. The maximum Gasteiger partial charge on any atom is 0.416 e. The lowest BCUT2D eigenvalue weighted by Crippen LogP contribution is -2.20. The lowest BCUT2D eigenvalue weighted by molar-refractivity contribution is -0.138. The van der Waals surface area contributed by atoms with E-state index in [0.29, 0.717) is 12.2 Å². The van der Waals surface area contributed by atoms with E-state index in [1.165, 1.54) is 6.07 Å². The van der Waals surface area contributed by atoms with Gasteiger partial charge in [0.1, 0.15) is 5.82 Å². The van der Waals surface area contributed by atoms with E-state index in [2.05, 4.69) is 4.98 Å². The summed E-state index contributed by atoms with van der Waals surface area (Å²) < 4.78 is 40.7. The maximum atomic E-state index is 13.0. The summed E-state index contributed by atoms with van der Waals surface area (Å²) in [6.45, 7) is -0.253. The van der Waals surface area contributed by atoms with Gasteiger partial charge in [0.05, 0.1) is 18.7 Å². The summed E-state index contributed by atoms with van der Waals surface area (Å²) >= 11 is 0. The number of aliphatic hydroxyl groups excluding tert-OH is 1. The Morgan fingerprint density at radius 1 is 1.33 bits per heavy atom. The first-order valence-electron chi connectivity index (χ1n) is 6.31. The third-order valence-electron chi connectivity index (χ3n) is 3.31. The molecule has 0 bridgehead atoms. The number of anilines is 1. The summed E-state index contributed by atoms with van der Waals surface area (Å²) in [6, 6.07) is 3.91. The van der Waals surface area contributed by atoms with Gasteiger partial charge in [-0.15, -0.1) is 0 Å². The van der Waals surface area contributed by atoms with Gasteiger partial charge in [-0.1, -0.05) is 6.07 Å². The average molecular weight is 299 g/mol. The zero-order valence-electron chi connectivity index (χ0n) is 11.7. The Labute approximate surface area is 120 Å². The Morgan fingerprint density at radius 2 is 2.05 bits per heavy atom. The molecule has 21 heavy (non-hydrogen) atoms. The van der Waals surface area contributed by atoms with Crippen molar-refractivity contribution in [1.29, 1.82) is 0 Å². The number of nitrogens with zero attached hydrogens (tertiary/aromatic N) is 3. The van der Waals surface area contributed by atoms with Crippen LogP contribution in [0.3, 0.4) is 0 Å². The second-order valence-corrected chi connectivity index (χ2v) is 4.81. The number of hydrogen-bond acceptors (Lipinski definition) is 3. The molecule has 114 valence electrons. The smallest absolute Gasteiger partial charge is 0.392 e. The van der Waals surface area contributed by atoms with Gasteiger partial charge in [0, 0.05) is 32.2 Å². The molecule has 0 saturated carbocycles. The first kappa shape index (κ1) is 15.4. The standard InChI is InChI=1S/C14H16F3N3O/c1-19-6-5-18-13(19)8-20(2)11-4-3-10(9-21)12(7-11)14(15,16)17/h3-7,21H,8-9H2,1-2H3. The molecular formula is C14H16F3N3O. The average Bonchev–Trinajstić information content (AvgIpc) is 2.82. The summed E-state index contributed by atoms with van der Waals surface area (Å²) in [7, 11) is 3.52. The molecule has 0 atom stereocenters. The van der Waals surface area contributed by atoms with Crippen LogP contribution in [0.15, 0.2) is 30.6 Å². The maximum absolute atomic E-state index is 13.0. The van der Waals surface area contributed by atoms with E-state index >= 15 is 0 Å². The van der Waals surface area contributed by atoms with Gasteiger partial charge in [-0.2, -0.15) is 13.2 Å². The second kappa shape index (κ2) is 5.77. The van der Waals surface area contributed by atoms with Crippen LogP contribution in [-0.4, -0.2) is 21.7 Å². The van der Waals surface area contributed by atoms with Gasteiger partial charge < -0.3 is 14.6 Å². The van der Waals surface area contributed by atoms with Crippen molar-refractivity contribution in [3.63, 3.8) is 0 Å². The molecule has 1 heterocycles. The van der Waals surface area contributed by atoms with Crippen LogP contribution in [0.4, 0.5) is 18.9 Å². The zero-order chi connectivity index (χ0) is 15.6. The van der Waals surface area contributed by atoms with Crippen LogP contribution in [0.2, 0.25) is 0 Å². The molecule has 0 aliphatic rings. The molecular weight excluding hydrogens is 283 g/mol. The molecule has 2 aromatic rings. The van der Waals surface area contributed by atoms with Gasteiger partial charge in [-0.25, -0.2) is 4.98 Å². The van der Waals surface area contributed by atoms with E-state index in [1.807, 2.05) is 11.6 Å². The summed E-state index contributed by atoms with van der Waals surface area (Å²) in [5.74, 6) is 0.747. The molecule has 1 aromatic carbocycles. The van der Waals surface area contributed by atoms with Crippen molar-refractivity contribution >= 4 is 5.69 Å². The van der Waals surface area contributed by atoms with E-state index in [4.69, 9.17) is 5.11 Å². The van der Waals surface area contributed by atoms with Gasteiger partial charge in [0.25, 0.3) is 0 Å². The first-order valence-corrected chi connectivity index (χ1v) is 6.31. The normalized spacial score (nSPS) is 11.7. The highest BCUT2D eigenvalue weighted by molar-refractivity contribution is 5.51. The molecule has 0 saturated heterocycles. The number of halogens is 3. The second-order valence-electron chi connectivity index (χ2n) is 4.81. The SMILES string of the molecule is CN(Cc1nccn1C)c1ccc(CO)c(C(F)(F)F)c1. The van der Waals surface area contributed by atoms with Crippen molar-refractivity contribution in [3.8, 4) is 0 Å². The molecule has 0 unspecified atom stereocenters. The van der Waals surface area contributed by atoms with E-state index in [9.17, 15) is 13.2 Å². The molecule has 0 fully saturated rings. The highest BCUT2D eigenvalue weighted by Crippen LogP contribution is 2.34. The quantitative estimate of drug-likeness (QED) is 0.943. The Hall–Kier alpha value is -2.02. The minimum Gasteiger partial charge on any atom is -0.392 e. The van der Waals surface area contributed by atoms with Crippen LogP contribution in [-0.2, 0) is 26.4 Å². The number of hydrogen-bond donors (Lipinski definition) is 1. The van der Waals surface area contributed by atoms with E-state index < -0.39 is 18.3 Å². The largest absolute Gasteiger partial charge is 0.416 e. The van der Waals surface area contributed by atoms with Gasteiger partial charge in [0.15, 0.2) is 0 Å². The van der Waals surface area contributed by atoms with Crippen LogP contribution in [0.1, 0.15) is 17.0 Å². The minimum atomic E-state index is -4.49. The van der Waals surface area contributed by atoms with Gasteiger partial charge >= 0.3 is 6.18 Å². The van der Waals surface area contributed by atoms with Crippen molar-refractivity contribution < 1.29 is 18.3 Å². The van der Waals surface area contributed by atoms with Gasteiger partial charge in [0.2, 0.25) is 0 Å². The number of aliphatic hydroxyl groups is 1. The molecule has 2 rings (SSSR count). The summed E-state index contributed by atoms with van der Waals surface area (Å²) in [4.78, 5) is 5.82. The van der Waals surface area contributed by atoms with Crippen LogP contribution >= 0.6 is 0 Å². The van der Waals surface area contributed by atoms with Gasteiger partial charge in [-0.05, 0) is 17.7 Å². The third-order valence-corrected chi connectivity index (χ3v) is 3.31. The van der Waals surface area contributed by atoms with Crippen molar-refractivity contribution in [3.05, 3.63) is 47.5 Å². The van der Waals surface area contributed by atoms with Crippen molar-refractivity contribution in [1.82, 2.24) is 9.55 Å². The fraction of sp³-hybridized carbons (Fsp3) is 0.357. The molecule has 0 amide bonds. The van der Waals surface area contributed by atoms with Crippen molar-refractivity contribution in [2.45, 2.75) is 19.3 Å². The lowest BCUT2D eigenvalue weighted by Gasteiger charge is -2.21. The van der Waals surface area contributed by atoms with Crippen LogP contribution in [0.5, 0.6) is 0 Å². The van der Waals surface area contributed by atoms with Gasteiger partial charge in [-0.3, -0.25) is 0 Å². The van der Waals surface area contributed by atoms with E-state index in [0.717, 1.165) is 11.9 Å². The highest BCUT2D eigenvalue weighted by Gasteiger charge is 2.33. The summed E-state index contributed by atoms with van der Waals surface area (Å²) in [5.41, 5.74) is -0.520. The Bertz CT molecular complexity index is 622.